The fourth-order valence-electron chi connectivity index (χ4n) is 5.27. The van der Waals surface area contributed by atoms with E-state index in [-0.39, 0.29) is 29.6 Å². The van der Waals surface area contributed by atoms with Gasteiger partial charge < -0.3 is 14.6 Å². The minimum absolute atomic E-state index is 0.0592. The zero-order valence-electron chi connectivity index (χ0n) is 23.0. The lowest BCUT2D eigenvalue weighted by Crippen LogP contribution is -2.48. The van der Waals surface area contributed by atoms with Crippen LogP contribution >= 0.6 is 0 Å². The molecule has 2 heterocycles. The summed E-state index contributed by atoms with van der Waals surface area (Å²) in [6.45, 7) is 11.0. The number of anilines is 2. The number of halogens is 1. The number of nitrogens with one attached hydrogen (secondary N) is 1. The molecule has 2 aromatic carbocycles. The van der Waals surface area contributed by atoms with Gasteiger partial charge >= 0.3 is 0 Å². The lowest BCUT2D eigenvalue weighted by Gasteiger charge is -2.39. The molecule has 0 saturated carbocycles. The first-order valence-corrected chi connectivity index (χ1v) is 14.0. The molecule has 1 amide bonds. The molecule has 3 aromatic rings. The summed E-state index contributed by atoms with van der Waals surface area (Å²) in [7, 11) is 0. The molecule has 0 spiro atoms. The van der Waals surface area contributed by atoms with Crippen LogP contribution in [-0.4, -0.2) is 47.2 Å². The van der Waals surface area contributed by atoms with E-state index in [0.29, 0.717) is 36.2 Å². The van der Waals surface area contributed by atoms with Crippen LogP contribution in [0.3, 0.4) is 0 Å². The zero-order chi connectivity index (χ0) is 27.1. The van der Waals surface area contributed by atoms with Gasteiger partial charge in [-0.15, -0.1) is 10.2 Å². The quantitative estimate of drug-likeness (QED) is 0.315. The number of aromatic nitrogens is 2. The summed E-state index contributed by atoms with van der Waals surface area (Å²) in [6.07, 6.45) is 3.44. The van der Waals surface area contributed by atoms with Crippen LogP contribution in [0, 0.1) is 11.7 Å². The molecule has 1 aromatic heterocycles. The number of hydrogen-bond donors (Lipinski definition) is 1. The minimum Gasteiger partial charge on any atom is -0.423 e. The SMILES string of the molecule is CCC(CC)C(=O)Nc1ccc(N2CCN(C(c3ccccc3)c3nnc(C(CC)CC)o3)CC2)c(F)c1. The summed E-state index contributed by atoms with van der Waals surface area (Å²) in [6, 6.07) is 15.1. The second-order valence-corrected chi connectivity index (χ2v) is 10.00. The molecule has 1 aliphatic heterocycles. The molecule has 0 bridgehead atoms. The Morgan fingerprint density at radius 1 is 0.921 bits per heavy atom. The molecule has 8 heteroatoms. The zero-order valence-corrected chi connectivity index (χ0v) is 23.0. The maximum Gasteiger partial charge on any atom is 0.238 e. The number of nitrogens with zero attached hydrogens (tertiary/aromatic N) is 4. The first-order valence-electron chi connectivity index (χ1n) is 14.0. The number of rotatable bonds is 11. The Morgan fingerprint density at radius 2 is 1.58 bits per heavy atom. The summed E-state index contributed by atoms with van der Waals surface area (Å²) in [5.74, 6) is 1.12. The molecule has 1 aliphatic rings. The summed E-state index contributed by atoms with van der Waals surface area (Å²) in [4.78, 5) is 16.8. The van der Waals surface area contributed by atoms with Crippen LogP contribution in [0.4, 0.5) is 15.8 Å². The van der Waals surface area contributed by atoms with Crippen LogP contribution in [-0.2, 0) is 4.79 Å². The van der Waals surface area contributed by atoms with E-state index >= 15 is 4.39 Å². The Balaban J connectivity index is 1.47. The standard InChI is InChI=1S/C30H40FN5O2/c1-5-21(6-2)28(37)32-24-14-15-26(25(31)20-24)35-16-18-36(19-17-35)27(23-12-10-9-11-13-23)30-34-33-29(38-30)22(7-3)8-4/h9-15,20-22,27H,5-8,16-19H2,1-4H3,(H,32,37). The monoisotopic (exact) mass is 521 g/mol. The van der Waals surface area contributed by atoms with Gasteiger partial charge in [0.25, 0.3) is 0 Å². The van der Waals surface area contributed by atoms with Gasteiger partial charge in [0.2, 0.25) is 17.7 Å². The molecule has 0 aliphatic carbocycles. The van der Waals surface area contributed by atoms with Crippen molar-refractivity contribution in [2.45, 2.75) is 65.3 Å². The highest BCUT2D eigenvalue weighted by molar-refractivity contribution is 5.92. The Morgan fingerprint density at radius 3 is 2.18 bits per heavy atom. The van der Waals surface area contributed by atoms with Crippen molar-refractivity contribution in [1.29, 1.82) is 0 Å². The number of hydrogen-bond acceptors (Lipinski definition) is 6. The molecule has 204 valence electrons. The van der Waals surface area contributed by atoms with E-state index in [1.165, 1.54) is 6.07 Å². The van der Waals surface area contributed by atoms with E-state index in [1.807, 2.05) is 32.0 Å². The van der Waals surface area contributed by atoms with Gasteiger partial charge in [0.15, 0.2) is 0 Å². The van der Waals surface area contributed by atoms with Gasteiger partial charge in [-0.25, -0.2) is 4.39 Å². The molecule has 0 radical (unpaired) electrons. The smallest absolute Gasteiger partial charge is 0.238 e. The summed E-state index contributed by atoms with van der Waals surface area (Å²) in [5.41, 5.74) is 2.15. The number of piperazine rings is 1. The first-order chi connectivity index (χ1) is 18.5. The number of carbonyl (C=O) groups excluding carboxylic acids is 1. The molecule has 7 nitrogen and oxygen atoms in total. The highest BCUT2D eigenvalue weighted by Gasteiger charge is 2.32. The van der Waals surface area contributed by atoms with E-state index < -0.39 is 0 Å². The van der Waals surface area contributed by atoms with Gasteiger partial charge in [-0.2, -0.15) is 0 Å². The molecule has 1 atom stereocenters. The van der Waals surface area contributed by atoms with Crippen molar-refractivity contribution in [1.82, 2.24) is 15.1 Å². The van der Waals surface area contributed by atoms with E-state index in [9.17, 15) is 4.79 Å². The van der Waals surface area contributed by atoms with E-state index in [0.717, 1.165) is 44.3 Å². The predicted molar refractivity (Wildman–Crippen MR) is 149 cm³/mol. The molecular formula is C30H40FN5O2. The second-order valence-electron chi connectivity index (χ2n) is 10.00. The van der Waals surface area contributed by atoms with Crippen molar-refractivity contribution in [2.24, 2.45) is 5.92 Å². The van der Waals surface area contributed by atoms with Crippen molar-refractivity contribution in [3.05, 3.63) is 71.7 Å². The average Bonchev–Trinajstić information content (AvgIpc) is 3.41. The molecule has 4 rings (SSSR count). The van der Waals surface area contributed by atoms with Gasteiger partial charge in [-0.05, 0) is 49.4 Å². The second kappa shape index (κ2) is 13.0. The lowest BCUT2D eigenvalue weighted by molar-refractivity contribution is -0.120. The third-order valence-electron chi connectivity index (χ3n) is 7.73. The van der Waals surface area contributed by atoms with Crippen LogP contribution in [0.25, 0.3) is 0 Å². The number of benzene rings is 2. The van der Waals surface area contributed by atoms with Crippen LogP contribution < -0.4 is 10.2 Å². The van der Waals surface area contributed by atoms with Crippen molar-refractivity contribution in [2.75, 3.05) is 36.4 Å². The van der Waals surface area contributed by atoms with Crippen molar-refractivity contribution < 1.29 is 13.6 Å². The van der Waals surface area contributed by atoms with Crippen LogP contribution in [0.15, 0.2) is 52.9 Å². The molecule has 1 fully saturated rings. The van der Waals surface area contributed by atoms with Gasteiger partial charge in [-0.3, -0.25) is 9.69 Å². The summed E-state index contributed by atoms with van der Waals surface area (Å²) in [5, 5.41) is 11.7. The van der Waals surface area contributed by atoms with Crippen LogP contribution in [0.1, 0.15) is 82.7 Å². The van der Waals surface area contributed by atoms with Crippen molar-refractivity contribution in [3.63, 3.8) is 0 Å². The topological polar surface area (TPSA) is 74.5 Å². The Hall–Kier alpha value is -3.26. The van der Waals surface area contributed by atoms with Crippen LogP contribution in [0.5, 0.6) is 0 Å². The average molecular weight is 522 g/mol. The first kappa shape index (κ1) is 27.8. The summed E-state index contributed by atoms with van der Waals surface area (Å²) < 4.78 is 21.4. The number of amides is 1. The van der Waals surface area contributed by atoms with Crippen LogP contribution in [0.2, 0.25) is 0 Å². The van der Waals surface area contributed by atoms with E-state index in [2.05, 4.69) is 51.3 Å². The van der Waals surface area contributed by atoms with Gasteiger partial charge in [0.05, 0.1) is 5.69 Å². The normalized spacial score (nSPS) is 15.3. The lowest BCUT2D eigenvalue weighted by atomic mass is 10.0. The molecule has 38 heavy (non-hydrogen) atoms. The predicted octanol–water partition coefficient (Wildman–Crippen LogP) is 6.40. The third-order valence-corrected chi connectivity index (χ3v) is 7.73. The van der Waals surface area contributed by atoms with E-state index in [4.69, 9.17) is 4.42 Å². The molecular weight excluding hydrogens is 481 g/mol. The van der Waals surface area contributed by atoms with Crippen molar-refractivity contribution in [3.8, 4) is 0 Å². The Bertz CT molecular complexity index is 1170. The molecule has 1 N–H and O–H groups in total. The van der Waals surface area contributed by atoms with Crippen molar-refractivity contribution >= 4 is 17.3 Å². The fraction of sp³-hybridized carbons (Fsp3) is 0.500. The Kier molecular flexibility index (Phi) is 9.50. The maximum atomic E-state index is 15.1. The summed E-state index contributed by atoms with van der Waals surface area (Å²) >= 11 is 0. The molecule has 1 unspecified atom stereocenters. The fourth-order valence-corrected chi connectivity index (χ4v) is 5.27. The minimum atomic E-state index is -0.327. The van der Waals surface area contributed by atoms with E-state index in [1.54, 1.807) is 12.1 Å². The van der Waals surface area contributed by atoms with Gasteiger partial charge in [0.1, 0.15) is 11.9 Å². The maximum absolute atomic E-state index is 15.1. The van der Waals surface area contributed by atoms with Gasteiger partial charge in [-0.1, -0.05) is 58.0 Å². The largest absolute Gasteiger partial charge is 0.423 e. The highest BCUT2D eigenvalue weighted by atomic mass is 19.1. The molecule has 1 saturated heterocycles. The Labute approximate surface area is 225 Å². The van der Waals surface area contributed by atoms with Gasteiger partial charge in [0, 0.05) is 43.7 Å². The third kappa shape index (κ3) is 6.23. The number of carbonyl (C=O) groups is 1. The highest BCUT2D eigenvalue weighted by Crippen LogP contribution is 2.32.